The largest absolute Gasteiger partial charge is 0.432 e. The SMILES string of the molecule is C=C1C[C@@]23CC[C@H]4[C@@](C)(CCC[C@@]4(C)C(=O)O[C@@H]4O[C@H](CO)[C@@H](O)[C@H](O)[C@H]4O)[C@@H]2CC[C@]1(O[C@@H]1O[C@H](CO)C(O)[C@H](O)[C@H]1O[C@@H]1O[C@H](CO)[C@@H](O)[C@H](O)[C@H]1O)C3. The van der Waals surface area contributed by atoms with Gasteiger partial charge in [0.1, 0.15) is 73.2 Å². The summed E-state index contributed by atoms with van der Waals surface area (Å²) in [5, 5.41) is 114. The molecule has 21 atom stereocenters. The van der Waals surface area contributed by atoms with Gasteiger partial charge in [0.15, 0.2) is 12.6 Å². The summed E-state index contributed by atoms with van der Waals surface area (Å²) in [5.41, 5.74) is -1.80. The molecule has 3 aliphatic heterocycles. The topological polar surface area (TPSA) is 295 Å². The highest BCUT2D eigenvalue weighted by Gasteiger charge is 2.69. The first-order valence-corrected chi connectivity index (χ1v) is 19.9. The molecule has 7 aliphatic rings. The lowest BCUT2D eigenvalue weighted by Crippen LogP contribution is -2.65. The van der Waals surface area contributed by atoms with Crippen LogP contribution in [0.2, 0.25) is 0 Å². The van der Waals surface area contributed by atoms with Crippen molar-refractivity contribution in [3.63, 3.8) is 0 Å². The third-order valence-corrected chi connectivity index (χ3v) is 15.0. The molecule has 0 aromatic rings. The summed E-state index contributed by atoms with van der Waals surface area (Å²) in [6.07, 6.45) is -17.8. The number of hydrogen-bond donors (Lipinski definition) is 11. The molecule has 2 bridgehead atoms. The number of rotatable bonds is 9. The molecule has 7 rings (SSSR count). The second-order valence-electron chi connectivity index (χ2n) is 18.0. The number of hydrogen-bond acceptors (Lipinski definition) is 18. The quantitative estimate of drug-likeness (QED) is 0.0631. The molecule has 0 aromatic heterocycles. The standard InChI is InChI=1S/C38H60O18/c1-16-11-37-9-5-20-35(2,7-4-8-36(20,3)34(50)55-32-29(49)26(46)23(43)18(13-40)52-32)21(37)6-10-38(16,15-37)56-33-30(27(47)24(44)19(14-41)53-33)54-31-28(48)25(45)22(42)17(12-39)51-31/h17-33,39-49H,1,4-15H2,2-3H3/t17-,18-,19-,20+,21+,22-,23-,24?,25+,26+,27+,28-,29-,30-,31+,32+,33+,35-,36-,37-,38+/m1/s1. The maximum absolute atomic E-state index is 14.1. The van der Waals surface area contributed by atoms with E-state index in [2.05, 4.69) is 13.5 Å². The van der Waals surface area contributed by atoms with Crippen LogP contribution in [-0.2, 0) is 33.2 Å². The monoisotopic (exact) mass is 804 g/mol. The van der Waals surface area contributed by atoms with Crippen LogP contribution in [0.3, 0.4) is 0 Å². The van der Waals surface area contributed by atoms with Crippen molar-refractivity contribution in [2.24, 2.45) is 28.1 Å². The molecular weight excluding hydrogens is 744 g/mol. The number of ether oxygens (including phenoxy) is 6. The van der Waals surface area contributed by atoms with Crippen molar-refractivity contribution in [3.8, 4) is 0 Å². The zero-order valence-electron chi connectivity index (χ0n) is 31.8. The number of esters is 1. The average Bonchev–Trinajstić information content (AvgIpc) is 3.37. The zero-order chi connectivity index (χ0) is 40.7. The van der Waals surface area contributed by atoms with Crippen molar-refractivity contribution in [1.29, 1.82) is 0 Å². The molecule has 3 heterocycles. The lowest BCUT2D eigenvalue weighted by atomic mass is 9.41. The molecule has 4 aliphatic carbocycles. The molecule has 1 spiro atoms. The molecule has 11 N–H and O–H groups in total. The Labute approximate surface area is 324 Å². The number of aliphatic hydroxyl groups is 11. The van der Waals surface area contributed by atoms with E-state index < -0.39 is 129 Å². The Hall–Kier alpha value is -1.43. The molecule has 18 nitrogen and oxygen atoms in total. The molecule has 7 fully saturated rings. The zero-order valence-corrected chi connectivity index (χ0v) is 31.8. The first-order chi connectivity index (χ1) is 26.4. The smallest absolute Gasteiger partial charge is 0.314 e. The van der Waals surface area contributed by atoms with Gasteiger partial charge in [0.2, 0.25) is 6.29 Å². The van der Waals surface area contributed by atoms with Gasteiger partial charge in [-0.3, -0.25) is 4.79 Å². The van der Waals surface area contributed by atoms with Gasteiger partial charge >= 0.3 is 5.97 Å². The van der Waals surface area contributed by atoms with Gasteiger partial charge in [0.05, 0.1) is 30.8 Å². The van der Waals surface area contributed by atoms with Gasteiger partial charge in [-0.15, -0.1) is 0 Å². The summed E-state index contributed by atoms with van der Waals surface area (Å²) in [6.45, 7) is 6.52. The number of fused-ring (bicyclic) bond motifs is 3. The fraction of sp³-hybridized carbons (Fsp3) is 0.921. The van der Waals surface area contributed by atoms with E-state index in [1.165, 1.54) is 0 Å². The van der Waals surface area contributed by atoms with Crippen molar-refractivity contribution in [2.75, 3.05) is 19.8 Å². The van der Waals surface area contributed by atoms with Crippen LogP contribution >= 0.6 is 0 Å². The predicted octanol–water partition coefficient (Wildman–Crippen LogP) is -2.94. The normalized spacial score (nSPS) is 54.6. The van der Waals surface area contributed by atoms with Gasteiger partial charge in [-0.1, -0.05) is 19.9 Å². The predicted molar refractivity (Wildman–Crippen MR) is 186 cm³/mol. The Kier molecular flexibility index (Phi) is 11.9. The Bertz CT molecular complexity index is 1450. The minimum Gasteiger partial charge on any atom is -0.432 e. The highest BCUT2D eigenvalue weighted by atomic mass is 16.8. The molecule has 0 amide bonds. The maximum atomic E-state index is 14.1. The number of carbonyl (C=O) groups excluding carboxylic acids is 1. The molecule has 0 radical (unpaired) electrons. The Morgan fingerprint density at radius 2 is 1.21 bits per heavy atom. The first-order valence-electron chi connectivity index (χ1n) is 19.9. The first kappa shape index (κ1) is 42.7. The van der Waals surface area contributed by atoms with Crippen LogP contribution in [0.15, 0.2) is 12.2 Å². The summed E-state index contributed by atoms with van der Waals surface area (Å²) in [5.74, 6) is -0.591. The average molecular weight is 805 g/mol. The summed E-state index contributed by atoms with van der Waals surface area (Å²) in [6, 6.07) is 0. The van der Waals surface area contributed by atoms with E-state index in [0.29, 0.717) is 44.9 Å². The molecule has 3 saturated heterocycles. The van der Waals surface area contributed by atoms with Gasteiger partial charge in [-0.25, -0.2) is 0 Å². The fourth-order valence-electron chi connectivity index (χ4n) is 12.0. The van der Waals surface area contributed by atoms with Crippen LogP contribution < -0.4 is 0 Å². The van der Waals surface area contributed by atoms with E-state index in [1.807, 2.05) is 6.92 Å². The van der Waals surface area contributed by atoms with Crippen molar-refractivity contribution in [2.45, 2.75) is 169 Å². The van der Waals surface area contributed by atoms with Gasteiger partial charge in [0, 0.05) is 0 Å². The van der Waals surface area contributed by atoms with Crippen molar-refractivity contribution >= 4 is 5.97 Å². The van der Waals surface area contributed by atoms with Gasteiger partial charge in [0.25, 0.3) is 0 Å². The summed E-state index contributed by atoms with van der Waals surface area (Å²) in [4.78, 5) is 14.1. The molecule has 1 unspecified atom stereocenters. The fourth-order valence-corrected chi connectivity index (χ4v) is 12.0. The van der Waals surface area contributed by atoms with Crippen LogP contribution in [0, 0.1) is 28.1 Å². The van der Waals surface area contributed by atoms with E-state index in [0.717, 1.165) is 18.4 Å². The van der Waals surface area contributed by atoms with E-state index in [4.69, 9.17) is 28.4 Å². The van der Waals surface area contributed by atoms with Crippen molar-refractivity contribution < 1.29 is 89.4 Å². The van der Waals surface area contributed by atoms with Crippen LogP contribution in [0.25, 0.3) is 0 Å². The molecule has 4 saturated carbocycles. The van der Waals surface area contributed by atoms with Crippen LogP contribution in [0.1, 0.15) is 71.6 Å². The number of aliphatic hydroxyl groups excluding tert-OH is 11. The van der Waals surface area contributed by atoms with E-state index in [-0.39, 0.29) is 22.7 Å². The molecule has 18 heteroatoms. The van der Waals surface area contributed by atoms with Gasteiger partial charge in [-0.2, -0.15) is 0 Å². The Morgan fingerprint density at radius 1 is 0.679 bits per heavy atom. The van der Waals surface area contributed by atoms with E-state index >= 15 is 0 Å². The lowest BCUT2D eigenvalue weighted by Gasteiger charge is -2.64. The highest BCUT2D eigenvalue weighted by molar-refractivity contribution is 5.77. The highest BCUT2D eigenvalue weighted by Crippen LogP contribution is 2.73. The van der Waals surface area contributed by atoms with Gasteiger partial charge in [-0.05, 0) is 86.5 Å². The molecule has 0 aromatic carbocycles. The summed E-state index contributed by atoms with van der Waals surface area (Å²) >= 11 is 0. The molecule has 56 heavy (non-hydrogen) atoms. The third kappa shape index (κ3) is 6.69. The maximum Gasteiger partial charge on any atom is 0.314 e. The van der Waals surface area contributed by atoms with Crippen molar-refractivity contribution in [1.82, 2.24) is 0 Å². The lowest BCUT2D eigenvalue weighted by molar-refractivity contribution is -0.378. The Morgan fingerprint density at radius 3 is 1.82 bits per heavy atom. The second kappa shape index (κ2) is 15.6. The third-order valence-electron chi connectivity index (χ3n) is 15.0. The van der Waals surface area contributed by atoms with Crippen LogP contribution in [0.5, 0.6) is 0 Å². The van der Waals surface area contributed by atoms with Crippen LogP contribution in [-0.4, -0.2) is 180 Å². The van der Waals surface area contributed by atoms with E-state index in [9.17, 15) is 61.0 Å². The van der Waals surface area contributed by atoms with Crippen LogP contribution in [0.4, 0.5) is 0 Å². The number of carbonyl (C=O) groups is 1. The Balaban J connectivity index is 1.10. The molecule has 320 valence electrons. The minimum absolute atomic E-state index is 0.121. The van der Waals surface area contributed by atoms with E-state index in [1.54, 1.807) is 0 Å². The molecular formula is C38H60O18. The second-order valence-corrected chi connectivity index (χ2v) is 18.0. The summed E-state index contributed by atoms with van der Waals surface area (Å²) in [7, 11) is 0. The van der Waals surface area contributed by atoms with Gasteiger partial charge < -0.3 is 84.6 Å². The minimum atomic E-state index is -1.81. The summed E-state index contributed by atoms with van der Waals surface area (Å²) < 4.78 is 35.6. The van der Waals surface area contributed by atoms with Crippen molar-refractivity contribution in [3.05, 3.63) is 12.2 Å².